The lowest BCUT2D eigenvalue weighted by atomic mass is 9.80. The first-order valence-corrected chi connectivity index (χ1v) is 8.89. The lowest BCUT2D eigenvalue weighted by Gasteiger charge is -2.38. The van der Waals surface area contributed by atoms with Gasteiger partial charge in [-0.1, -0.05) is 54.4 Å². The van der Waals surface area contributed by atoms with Gasteiger partial charge in [-0.05, 0) is 37.2 Å². The fourth-order valence-corrected chi connectivity index (χ4v) is 3.37. The van der Waals surface area contributed by atoms with Crippen molar-refractivity contribution in [1.82, 2.24) is 0 Å². The highest BCUT2D eigenvalue weighted by molar-refractivity contribution is 4.95. The largest absolute Gasteiger partial charge is 0.496 e. The second-order valence-electron chi connectivity index (χ2n) is 7.06. The molecule has 0 fully saturated rings. The number of ether oxygens (including phenoxy) is 2. The van der Waals surface area contributed by atoms with E-state index >= 15 is 0 Å². The summed E-state index contributed by atoms with van der Waals surface area (Å²) in [5.74, 6) is 2.46. The number of rotatable bonds is 8. The summed E-state index contributed by atoms with van der Waals surface area (Å²) in [6, 6.07) is 0. The van der Waals surface area contributed by atoms with Crippen molar-refractivity contribution in [1.29, 1.82) is 0 Å². The van der Waals surface area contributed by atoms with E-state index in [2.05, 4.69) is 54.5 Å². The molecule has 1 aliphatic rings. The molecule has 0 aromatic rings. The normalized spacial score (nSPS) is 31.3. The standard InChI is InChI=1S/C19H36O2/c1-8-10-13(3)15(5)16(6)17(7)21-19-14(4)11-12-20-18(19)9-2/h11-19H,8-10H2,1-7H3. The SMILES string of the molecule is CCCC(C)C(C)C(C)C(C)OC1C(C)C=COC1CC. The third kappa shape index (κ3) is 5.02. The molecule has 0 amide bonds. The maximum absolute atomic E-state index is 6.44. The predicted molar refractivity (Wildman–Crippen MR) is 90.2 cm³/mol. The predicted octanol–water partition coefficient (Wildman–Crippen LogP) is 5.43. The Morgan fingerprint density at radius 3 is 2.33 bits per heavy atom. The van der Waals surface area contributed by atoms with E-state index in [1.165, 1.54) is 12.8 Å². The molecule has 0 bridgehead atoms. The monoisotopic (exact) mass is 296 g/mol. The summed E-state index contributed by atoms with van der Waals surface area (Å²) in [4.78, 5) is 0. The van der Waals surface area contributed by atoms with Gasteiger partial charge >= 0.3 is 0 Å². The molecule has 7 unspecified atom stereocenters. The van der Waals surface area contributed by atoms with E-state index < -0.39 is 0 Å². The Hall–Kier alpha value is -0.500. The van der Waals surface area contributed by atoms with Crippen molar-refractivity contribution in [2.24, 2.45) is 23.7 Å². The van der Waals surface area contributed by atoms with E-state index in [1.807, 2.05) is 6.26 Å². The third-order valence-electron chi connectivity index (χ3n) is 5.51. The molecule has 2 heteroatoms. The minimum Gasteiger partial charge on any atom is -0.496 e. The molecule has 0 radical (unpaired) electrons. The van der Waals surface area contributed by atoms with E-state index in [0.717, 1.165) is 12.3 Å². The van der Waals surface area contributed by atoms with Crippen molar-refractivity contribution in [3.63, 3.8) is 0 Å². The first-order valence-electron chi connectivity index (χ1n) is 8.89. The summed E-state index contributed by atoms with van der Waals surface area (Å²) >= 11 is 0. The average Bonchev–Trinajstić information content (AvgIpc) is 2.47. The molecular weight excluding hydrogens is 260 g/mol. The van der Waals surface area contributed by atoms with Gasteiger partial charge in [0.05, 0.1) is 12.4 Å². The van der Waals surface area contributed by atoms with Crippen LogP contribution in [0.25, 0.3) is 0 Å². The van der Waals surface area contributed by atoms with E-state index in [1.54, 1.807) is 0 Å². The summed E-state index contributed by atoms with van der Waals surface area (Å²) in [6.07, 6.45) is 8.20. The zero-order valence-electron chi connectivity index (χ0n) is 15.1. The Balaban J connectivity index is 2.61. The molecular formula is C19H36O2. The first-order chi connectivity index (χ1) is 9.92. The summed E-state index contributed by atoms with van der Waals surface area (Å²) in [7, 11) is 0. The van der Waals surface area contributed by atoms with Gasteiger partial charge in [-0.3, -0.25) is 0 Å². The molecule has 0 saturated heterocycles. The highest BCUT2D eigenvalue weighted by Crippen LogP contribution is 2.31. The number of hydrogen-bond donors (Lipinski definition) is 0. The van der Waals surface area contributed by atoms with Gasteiger partial charge in [0.1, 0.15) is 12.2 Å². The van der Waals surface area contributed by atoms with Crippen molar-refractivity contribution in [2.75, 3.05) is 0 Å². The molecule has 7 atom stereocenters. The molecule has 1 rings (SSSR count). The van der Waals surface area contributed by atoms with Crippen LogP contribution in [0.5, 0.6) is 0 Å². The zero-order chi connectivity index (χ0) is 16.0. The van der Waals surface area contributed by atoms with Gasteiger partial charge in [0, 0.05) is 5.92 Å². The average molecular weight is 296 g/mol. The second-order valence-corrected chi connectivity index (χ2v) is 7.06. The molecule has 0 aliphatic carbocycles. The van der Waals surface area contributed by atoms with Crippen LogP contribution in [0.2, 0.25) is 0 Å². The minimum absolute atomic E-state index is 0.186. The van der Waals surface area contributed by atoms with E-state index in [0.29, 0.717) is 17.8 Å². The third-order valence-corrected chi connectivity index (χ3v) is 5.51. The van der Waals surface area contributed by atoms with Crippen LogP contribution in [0, 0.1) is 23.7 Å². The molecule has 2 nitrogen and oxygen atoms in total. The van der Waals surface area contributed by atoms with Crippen LogP contribution >= 0.6 is 0 Å². The summed E-state index contributed by atoms with van der Waals surface area (Å²) in [5, 5.41) is 0. The van der Waals surface area contributed by atoms with Gasteiger partial charge in [0.25, 0.3) is 0 Å². The Labute approximate surface area is 132 Å². The Morgan fingerprint density at radius 2 is 1.76 bits per heavy atom. The summed E-state index contributed by atoms with van der Waals surface area (Å²) in [5.41, 5.74) is 0. The zero-order valence-corrected chi connectivity index (χ0v) is 15.1. The van der Waals surface area contributed by atoms with Crippen molar-refractivity contribution >= 4 is 0 Å². The van der Waals surface area contributed by atoms with Crippen molar-refractivity contribution in [3.8, 4) is 0 Å². The fourth-order valence-electron chi connectivity index (χ4n) is 3.37. The fraction of sp³-hybridized carbons (Fsp3) is 0.895. The van der Waals surface area contributed by atoms with Crippen LogP contribution in [0.1, 0.15) is 67.7 Å². The topological polar surface area (TPSA) is 18.5 Å². The molecule has 0 aromatic heterocycles. The highest BCUT2D eigenvalue weighted by Gasteiger charge is 2.33. The highest BCUT2D eigenvalue weighted by atomic mass is 16.5. The maximum atomic E-state index is 6.44. The van der Waals surface area contributed by atoms with Crippen LogP contribution in [0.3, 0.4) is 0 Å². The van der Waals surface area contributed by atoms with Crippen LogP contribution in [0.15, 0.2) is 12.3 Å². The van der Waals surface area contributed by atoms with Gasteiger partial charge in [-0.25, -0.2) is 0 Å². The molecule has 0 spiro atoms. The first kappa shape index (κ1) is 18.5. The number of hydrogen-bond acceptors (Lipinski definition) is 2. The van der Waals surface area contributed by atoms with Gasteiger partial charge in [-0.15, -0.1) is 0 Å². The van der Waals surface area contributed by atoms with E-state index in [9.17, 15) is 0 Å². The molecule has 1 heterocycles. The van der Waals surface area contributed by atoms with Crippen LogP contribution in [0.4, 0.5) is 0 Å². The van der Waals surface area contributed by atoms with Gasteiger partial charge in [-0.2, -0.15) is 0 Å². The van der Waals surface area contributed by atoms with Gasteiger partial charge < -0.3 is 9.47 Å². The van der Waals surface area contributed by atoms with Crippen molar-refractivity contribution < 1.29 is 9.47 Å². The lowest BCUT2D eigenvalue weighted by molar-refractivity contribution is -0.121. The van der Waals surface area contributed by atoms with E-state index in [4.69, 9.17) is 9.47 Å². The molecule has 0 N–H and O–H groups in total. The summed E-state index contributed by atoms with van der Waals surface area (Å²) < 4.78 is 12.2. The van der Waals surface area contributed by atoms with Crippen LogP contribution in [-0.2, 0) is 9.47 Å². The van der Waals surface area contributed by atoms with Gasteiger partial charge in [0.15, 0.2) is 0 Å². The van der Waals surface area contributed by atoms with Crippen molar-refractivity contribution in [3.05, 3.63) is 12.3 Å². The van der Waals surface area contributed by atoms with Crippen molar-refractivity contribution in [2.45, 2.75) is 86.0 Å². The van der Waals surface area contributed by atoms with E-state index in [-0.39, 0.29) is 18.3 Å². The Bertz CT molecular complexity index is 313. The lowest BCUT2D eigenvalue weighted by Crippen LogP contribution is -2.42. The molecule has 0 saturated carbocycles. The molecule has 1 aliphatic heterocycles. The Morgan fingerprint density at radius 1 is 1.10 bits per heavy atom. The minimum atomic E-state index is 0.186. The summed E-state index contributed by atoms with van der Waals surface area (Å²) in [6.45, 7) is 16.0. The second kappa shape index (κ2) is 8.82. The quantitative estimate of drug-likeness (QED) is 0.595. The molecule has 124 valence electrons. The van der Waals surface area contributed by atoms with Gasteiger partial charge in [0.2, 0.25) is 0 Å². The smallest absolute Gasteiger partial charge is 0.124 e. The Kier molecular flexibility index (Phi) is 7.79. The maximum Gasteiger partial charge on any atom is 0.124 e. The van der Waals surface area contributed by atoms with Crippen LogP contribution < -0.4 is 0 Å². The van der Waals surface area contributed by atoms with Crippen LogP contribution in [-0.4, -0.2) is 18.3 Å². The molecule has 21 heavy (non-hydrogen) atoms. The molecule has 0 aromatic carbocycles.